The minimum atomic E-state index is 0. The lowest BCUT2D eigenvalue weighted by Gasteiger charge is -2.32. The molecule has 1 aliphatic rings. The van der Waals surface area contributed by atoms with Gasteiger partial charge in [0, 0.05) is 37.9 Å². The van der Waals surface area contributed by atoms with Crippen LogP contribution in [0.4, 0.5) is 0 Å². The normalized spacial score (nSPS) is 15.4. The average molecular weight is 537 g/mol. The SMILES string of the molecule is CCCN1CCC(NC(=NCc2ccc(Cn3ccccc3=O)cc2)NCC)CC1.I. The molecule has 31 heavy (non-hydrogen) atoms. The number of nitrogens with zero attached hydrogens (tertiary/aromatic N) is 3. The summed E-state index contributed by atoms with van der Waals surface area (Å²) in [4.78, 5) is 19.2. The summed E-state index contributed by atoms with van der Waals surface area (Å²) in [5.41, 5.74) is 2.29. The van der Waals surface area contributed by atoms with E-state index >= 15 is 0 Å². The van der Waals surface area contributed by atoms with Gasteiger partial charge in [-0.15, -0.1) is 24.0 Å². The van der Waals surface area contributed by atoms with Crippen molar-refractivity contribution in [1.82, 2.24) is 20.1 Å². The van der Waals surface area contributed by atoms with E-state index in [0.29, 0.717) is 19.1 Å². The molecule has 1 aliphatic heterocycles. The minimum absolute atomic E-state index is 0. The van der Waals surface area contributed by atoms with E-state index in [1.54, 1.807) is 16.7 Å². The second kappa shape index (κ2) is 13.5. The van der Waals surface area contributed by atoms with E-state index in [2.05, 4.69) is 53.6 Å². The Morgan fingerprint density at radius 3 is 2.42 bits per heavy atom. The third-order valence-electron chi connectivity index (χ3n) is 5.51. The molecule has 0 spiro atoms. The predicted molar refractivity (Wildman–Crippen MR) is 139 cm³/mol. The predicted octanol–water partition coefficient (Wildman–Crippen LogP) is 3.44. The van der Waals surface area contributed by atoms with E-state index in [9.17, 15) is 4.79 Å². The summed E-state index contributed by atoms with van der Waals surface area (Å²) in [5, 5.41) is 6.99. The van der Waals surface area contributed by atoms with Gasteiger partial charge in [-0.3, -0.25) is 4.79 Å². The number of aromatic nitrogens is 1. The van der Waals surface area contributed by atoms with Gasteiger partial charge in [-0.2, -0.15) is 0 Å². The lowest BCUT2D eigenvalue weighted by molar-refractivity contribution is 0.206. The van der Waals surface area contributed by atoms with Crippen LogP contribution in [0.5, 0.6) is 0 Å². The molecule has 0 unspecified atom stereocenters. The molecule has 1 fully saturated rings. The van der Waals surface area contributed by atoms with Gasteiger partial charge in [-0.1, -0.05) is 37.3 Å². The van der Waals surface area contributed by atoms with Crippen LogP contribution >= 0.6 is 24.0 Å². The summed E-state index contributed by atoms with van der Waals surface area (Å²) < 4.78 is 1.71. The first-order valence-electron chi connectivity index (χ1n) is 11.2. The van der Waals surface area contributed by atoms with Crippen molar-refractivity contribution in [2.24, 2.45) is 4.99 Å². The van der Waals surface area contributed by atoms with Crippen LogP contribution in [0.25, 0.3) is 0 Å². The van der Waals surface area contributed by atoms with Gasteiger partial charge in [-0.05, 0) is 49.9 Å². The van der Waals surface area contributed by atoms with E-state index in [1.165, 1.54) is 13.0 Å². The molecule has 1 aromatic carbocycles. The Kier molecular flexibility index (Phi) is 11.1. The maximum Gasteiger partial charge on any atom is 0.250 e. The standard InChI is InChI=1S/C24H35N5O.HI/c1-3-14-28-16-12-22(13-17-28)27-24(25-4-2)26-18-20-8-10-21(11-9-20)19-29-15-6-5-7-23(29)30;/h5-11,15,22H,3-4,12-14,16-19H2,1-2H3,(H2,25,26,27);1H. The van der Waals surface area contributed by atoms with Crippen LogP contribution in [0.15, 0.2) is 58.4 Å². The molecule has 1 aromatic heterocycles. The lowest BCUT2D eigenvalue weighted by Crippen LogP contribution is -2.48. The van der Waals surface area contributed by atoms with Crippen molar-refractivity contribution in [1.29, 1.82) is 0 Å². The minimum Gasteiger partial charge on any atom is -0.357 e. The van der Waals surface area contributed by atoms with Gasteiger partial charge in [0.1, 0.15) is 0 Å². The van der Waals surface area contributed by atoms with E-state index in [1.807, 2.05) is 12.3 Å². The Morgan fingerprint density at radius 1 is 1.06 bits per heavy atom. The smallest absolute Gasteiger partial charge is 0.250 e. The van der Waals surface area contributed by atoms with Gasteiger partial charge in [-0.25, -0.2) is 4.99 Å². The first kappa shape index (κ1) is 25.4. The van der Waals surface area contributed by atoms with Crippen LogP contribution in [0.1, 0.15) is 44.2 Å². The van der Waals surface area contributed by atoms with Crippen LogP contribution < -0.4 is 16.2 Å². The fourth-order valence-corrected chi connectivity index (χ4v) is 3.84. The van der Waals surface area contributed by atoms with Crippen molar-refractivity contribution in [2.75, 3.05) is 26.2 Å². The molecule has 7 heteroatoms. The molecular formula is C24H36IN5O. The first-order valence-corrected chi connectivity index (χ1v) is 11.2. The van der Waals surface area contributed by atoms with E-state index in [-0.39, 0.29) is 29.5 Å². The highest BCUT2D eigenvalue weighted by Crippen LogP contribution is 2.11. The Bertz CT molecular complexity index is 857. The molecule has 0 atom stereocenters. The van der Waals surface area contributed by atoms with Crippen molar-refractivity contribution in [3.63, 3.8) is 0 Å². The zero-order valence-electron chi connectivity index (χ0n) is 18.7. The van der Waals surface area contributed by atoms with Crippen molar-refractivity contribution in [3.05, 3.63) is 70.1 Å². The van der Waals surface area contributed by atoms with Gasteiger partial charge in [0.25, 0.3) is 5.56 Å². The molecule has 3 rings (SSSR count). The third kappa shape index (κ3) is 8.29. The van der Waals surface area contributed by atoms with E-state index < -0.39 is 0 Å². The van der Waals surface area contributed by atoms with Crippen molar-refractivity contribution in [3.8, 4) is 0 Å². The zero-order chi connectivity index (χ0) is 21.2. The number of aliphatic imine (C=N–C) groups is 1. The van der Waals surface area contributed by atoms with Crippen LogP contribution in [-0.4, -0.2) is 47.6 Å². The largest absolute Gasteiger partial charge is 0.357 e. The maximum atomic E-state index is 11.9. The number of nitrogens with one attached hydrogen (secondary N) is 2. The Balaban J connectivity index is 0.00000341. The summed E-state index contributed by atoms with van der Waals surface area (Å²) in [6.07, 6.45) is 5.38. The first-order chi connectivity index (χ1) is 14.7. The van der Waals surface area contributed by atoms with E-state index in [0.717, 1.165) is 49.6 Å². The number of hydrogen-bond donors (Lipinski definition) is 2. The monoisotopic (exact) mass is 537 g/mol. The van der Waals surface area contributed by atoms with Gasteiger partial charge in [0.05, 0.1) is 13.1 Å². The molecule has 1 saturated heterocycles. The van der Waals surface area contributed by atoms with Crippen molar-refractivity contribution >= 4 is 29.9 Å². The molecule has 2 N–H and O–H groups in total. The van der Waals surface area contributed by atoms with Crippen LogP contribution in [0.2, 0.25) is 0 Å². The second-order valence-electron chi connectivity index (χ2n) is 7.94. The molecule has 0 amide bonds. The fraction of sp³-hybridized carbons (Fsp3) is 0.500. The lowest BCUT2D eigenvalue weighted by atomic mass is 10.1. The molecular weight excluding hydrogens is 501 g/mol. The van der Waals surface area contributed by atoms with Crippen molar-refractivity contribution in [2.45, 2.75) is 52.2 Å². The van der Waals surface area contributed by atoms with Crippen LogP contribution in [0, 0.1) is 0 Å². The number of rotatable bonds is 8. The highest BCUT2D eigenvalue weighted by atomic mass is 127. The number of piperidine rings is 1. The highest BCUT2D eigenvalue weighted by Gasteiger charge is 2.19. The summed E-state index contributed by atoms with van der Waals surface area (Å²) in [6, 6.07) is 14.1. The molecule has 6 nitrogen and oxygen atoms in total. The Labute approximate surface area is 203 Å². The number of pyridine rings is 1. The number of benzene rings is 1. The average Bonchev–Trinajstić information content (AvgIpc) is 2.76. The molecule has 2 heterocycles. The van der Waals surface area contributed by atoms with Crippen LogP contribution in [-0.2, 0) is 13.1 Å². The number of hydrogen-bond acceptors (Lipinski definition) is 3. The van der Waals surface area contributed by atoms with Gasteiger partial charge < -0.3 is 20.1 Å². The molecule has 0 aliphatic carbocycles. The number of halogens is 1. The van der Waals surface area contributed by atoms with E-state index in [4.69, 9.17) is 4.99 Å². The van der Waals surface area contributed by atoms with Gasteiger partial charge in [0.15, 0.2) is 5.96 Å². The summed E-state index contributed by atoms with van der Waals surface area (Å²) in [7, 11) is 0. The summed E-state index contributed by atoms with van der Waals surface area (Å²) in [5.74, 6) is 0.895. The number of guanidine groups is 1. The third-order valence-corrected chi connectivity index (χ3v) is 5.51. The zero-order valence-corrected chi connectivity index (χ0v) is 21.0. The molecule has 0 saturated carbocycles. The molecule has 170 valence electrons. The van der Waals surface area contributed by atoms with Crippen LogP contribution in [0.3, 0.4) is 0 Å². The highest BCUT2D eigenvalue weighted by molar-refractivity contribution is 14.0. The maximum absolute atomic E-state index is 11.9. The molecule has 0 radical (unpaired) electrons. The molecule has 0 bridgehead atoms. The topological polar surface area (TPSA) is 61.7 Å². The van der Waals surface area contributed by atoms with Crippen molar-refractivity contribution < 1.29 is 0 Å². The summed E-state index contributed by atoms with van der Waals surface area (Å²) in [6.45, 7) is 9.95. The second-order valence-corrected chi connectivity index (χ2v) is 7.94. The quantitative estimate of drug-likeness (QED) is 0.308. The fourth-order valence-electron chi connectivity index (χ4n) is 3.84. The Morgan fingerprint density at radius 2 is 1.77 bits per heavy atom. The number of likely N-dealkylation sites (tertiary alicyclic amines) is 1. The van der Waals surface area contributed by atoms with Gasteiger partial charge >= 0.3 is 0 Å². The molecule has 2 aromatic rings. The van der Waals surface area contributed by atoms with Gasteiger partial charge in [0.2, 0.25) is 0 Å². The summed E-state index contributed by atoms with van der Waals surface area (Å²) >= 11 is 0. The Hall–Kier alpha value is -1.87.